The van der Waals surface area contributed by atoms with E-state index in [0.717, 1.165) is 50.5 Å². The lowest BCUT2D eigenvalue weighted by Gasteiger charge is -2.02. The zero-order chi connectivity index (χ0) is 17.1. The summed E-state index contributed by atoms with van der Waals surface area (Å²) in [5.74, 6) is 0. The Kier molecular flexibility index (Phi) is 2.98. The summed E-state index contributed by atoms with van der Waals surface area (Å²) in [6, 6.07) is 12.5. The average Bonchev–Trinajstić information content (AvgIpc) is 3.32. The van der Waals surface area contributed by atoms with Gasteiger partial charge in [0.2, 0.25) is 0 Å². The van der Waals surface area contributed by atoms with Crippen molar-refractivity contribution in [1.82, 2.24) is 14.5 Å². The van der Waals surface area contributed by atoms with E-state index in [2.05, 4.69) is 45.7 Å². The minimum Gasteiger partial charge on any atom is -0.390 e. The van der Waals surface area contributed by atoms with Gasteiger partial charge in [0.25, 0.3) is 0 Å². The van der Waals surface area contributed by atoms with Crippen molar-refractivity contribution in [3.63, 3.8) is 0 Å². The van der Waals surface area contributed by atoms with Gasteiger partial charge in [0, 0.05) is 39.5 Å². The van der Waals surface area contributed by atoms with E-state index in [4.69, 9.17) is 0 Å². The molecule has 5 aromatic rings. The van der Waals surface area contributed by atoms with Crippen LogP contribution in [0, 0.1) is 0 Å². The van der Waals surface area contributed by atoms with Crippen molar-refractivity contribution in [2.24, 2.45) is 0 Å². The zero-order valence-corrected chi connectivity index (χ0v) is 13.9. The highest BCUT2D eigenvalue weighted by molar-refractivity contribution is 6.26. The van der Waals surface area contributed by atoms with Crippen molar-refractivity contribution in [1.29, 1.82) is 0 Å². The van der Waals surface area contributed by atoms with Crippen LogP contribution in [-0.4, -0.2) is 24.7 Å². The van der Waals surface area contributed by atoms with Gasteiger partial charge in [0.1, 0.15) is 0 Å². The van der Waals surface area contributed by atoms with E-state index in [1.165, 1.54) is 11.0 Å². The third-order valence-corrected chi connectivity index (χ3v) is 5.15. The Bertz CT molecular complexity index is 1160. The van der Waals surface area contributed by atoms with Crippen molar-refractivity contribution in [2.45, 2.75) is 26.7 Å². The number of nitrogens with one attached hydrogen (secondary N) is 2. The number of aromatic nitrogens is 3. The Hall–Kier alpha value is -2.76. The number of rotatable bonds is 3. The van der Waals surface area contributed by atoms with Gasteiger partial charge in [-0.25, -0.2) is 0 Å². The number of hydrogen-bond acceptors (Lipinski definition) is 2. The Morgan fingerprint density at radius 1 is 0.800 bits per heavy atom. The summed E-state index contributed by atoms with van der Waals surface area (Å²) in [6.45, 7) is 3.01. The Morgan fingerprint density at radius 2 is 1.28 bits per heavy atom. The summed E-state index contributed by atoms with van der Waals surface area (Å²) in [7, 11) is 0. The standard InChI is InChI=1S/C20H19N3O2/c1-2-23-15-5-3-11-7-13(9-24)21-19(11)17(15)18-16(23)6-4-12-8-14(10-25)22-20(12)18/h3-8,21-22,24-25H,2,9-10H2,1H3. The minimum absolute atomic E-state index is 0.00480. The average molecular weight is 333 g/mol. The first-order valence-corrected chi connectivity index (χ1v) is 8.54. The van der Waals surface area contributed by atoms with Gasteiger partial charge in [-0.2, -0.15) is 0 Å². The summed E-state index contributed by atoms with van der Waals surface area (Å²) in [6.07, 6.45) is 0. The molecule has 5 rings (SSSR count). The summed E-state index contributed by atoms with van der Waals surface area (Å²) in [4.78, 5) is 6.75. The molecule has 25 heavy (non-hydrogen) atoms. The Labute approximate surface area is 143 Å². The van der Waals surface area contributed by atoms with Gasteiger partial charge in [-0.3, -0.25) is 0 Å². The molecule has 5 heteroatoms. The molecule has 0 saturated carbocycles. The molecule has 0 bridgehead atoms. The van der Waals surface area contributed by atoms with Crippen LogP contribution in [0.2, 0.25) is 0 Å². The number of nitrogens with zero attached hydrogens (tertiary/aromatic N) is 1. The van der Waals surface area contributed by atoms with Gasteiger partial charge in [0.15, 0.2) is 0 Å². The van der Waals surface area contributed by atoms with E-state index in [9.17, 15) is 10.2 Å². The van der Waals surface area contributed by atoms with E-state index in [1.54, 1.807) is 0 Å². The molecular weight excluding hydrogens is 314 g/mol. The van der Waals surface area contributed by atoms with Crippen LogP contribution in [0.4, 0.5) is 0 Å². The zero-order valence-electron chi connectivity index (χ0n) is 13.9. The first kappa shape index (κ1) is 14.6. The van der Waals surface area contributed by atoms with Gasteiger partial charge in [-0.15, -0.1) is 0 Å². The van der Waals surface area contributed by atoms with Crippen molar-refractivity contribution >= 4 is 43.6 Å². The molecule has 0 radical (unpaired) electrons. The predicted octanol–water partition coefficient (Wildman–Crippen LogP) is 3.76. The maximum atomic E-state index is 9.51. The minimum atomic E-state index is -0.00480. The molecule has 0 atom stereocenters. The van der Waals surface area contributed by atoms with Crippen LogP contribution in [0.3, 0.4) is 0 Å². The first-order valence-electron chi connectivity index (χ1n) is 8.54. The Balaban J connectivity index is 2.08. The number of aryl methyl sites for hydroxylation is 1. The van der Waals surface area contributed by atoms with Crippen molar-refractivity contribution in [2.75, 3.05) is 0 Å². The second kappa shape index (κ2) is 5.12. The molecule has 5 nitrogen and oxygen atoms in total. The number of aliphatic hydroxyl groups excluding tert-OH is 2. The summed E-state index contributed by atoms with van der Waals surface area (Å²) in [5, 5.41) is 23.5. The van der Waals surface area contributed by atoms with Gasteiger partial charge in [0.05, 0.1) is 35.3 Å². The van der Waals surface area contributed by atoms with Crippen LogP contribution >= 0.6 is 0 Å². The molecule has 0 unspecified atom stereocenters. The summed E-state index contributed by atoms with van der Waals surface area (Å²) < 4.78 is 2.31. The fraction of sp³-hybridized carbons (Fsp3) is 0.200. The molecule has 0 spiro atoms. The SMILES string of the molecule is CCn1c2ccc3cc(CO)[nH]c3c2c2c3[nH]c(CO)cc3ccc21. The third kappa shape index (κ3) is 1.85. The highest BCUT2D eigenvalue weighted by Crippen LogP contribution is 2.38. The predicted molar refractivity (Wildman–Crippen MR) is 101 cm³/mol. The number of aromatic amines is 2. The van der Waals surface area contributed by atoms with Crippen LogP contribution in [0.1, 0.15) is 18.3 Å². The Morgan fingerprint density at radius 3 is 1.68 bits per heavy atom. The molecule has 0 aliphatic carbocycles. The first-order chi connectivity index (χ1) is 12.2. The quantitative estimate of drug-likeness (QED) is 0.406. The molecule has 0 amide bonds. The van der Waals surface area contributed by atoms with Crippen LogP contribution in [0.5, 0.6) is 0 Å². The van der Waals surface area contributed by atoms with E-state index in [1.807, 2.05) is 12.1 Å². The summed E-state index contributed by atoms with van der Waals surface area (Å²) in [5.41, 5.74) is 6.06. The lowest BCUT2D eigenvalue weighted by Crippen LogP contribution is -1.92. The van der Waals surface area contributed by atoms with Crippen molar-refractivity contribution in [3.8, 4) is 0 Å². The van der Waals surface area contributed by atoms with Crippen molar-refractivity contribution < 1.29 is 10.2 Å². The normalized spacial score (nSPS) is 12.3. The molecule has 2 aromatic carbocycles. The topological polar surface area (TPSA) is 77.0 Å². The maximum Gasteiger partial charge on any atom is 0.0831 e. The van der Waals surface area contributed by atoms with Crippen LogP contribution in [0.25, 0.3) is 43.6 Å². The molecule has 0 saturated heterocycles. The summed E-state index contributed by atoms with van der Waals surface area (Å²) >= 11 is 0. The molecule has 0 fully saturated rings. The number of fused-ring (bicyclic) bond motifs is 7. The molecular formula is C20H19N3O2. The molecule has 3 heterocycles. The van der Waals surface area contributed by atoms with E-state index >= 15 is 0 Å². The molecule has 3 aromatic heterocycles. The largest absolute Gasteiger partial charge is 0.390 e. The highest BCUT2D eigenvalue weighted by Gasteiger charge is 2.17. The fourth-order valence-electron chi connectivity index (χ4n) is 4.09. The van der Waals surface area contributed by atoms with Crippen LogP contribution < -0.4 is 0 Å². The molecule has 0 aliphatic rings. The number of aliphatic hydroxyl groups is 2. The maximum absolute atomic E-state index is 9.51. The smallest absolute Gasteiger partial charge is 0.0831 e. The van der Waals surface area contributed by atoms with Crippen LogP contribution in [-0.2, 0) is 19.8 Å². The lowest BCUT2D eigenvalue weighted by molar-refractivity contribution is 0.277. The molecule has 0 aliphatic heterocycles. The number of benzene rings is 2. The van der Waals surface area contributed by atoms with E-state index in [-0.39, 0.29) is 13.2 Å². The molecule has 126 valence electrons. The number of H-pyrrole nitrogens is 2. The molecule has 4 N–H and O–H groups in total. The van der Waals surface area contributed by atoms with Crippen LogP contribution in [0.15, 0.2) is 36.4 Å². The lowest BCUT2D eigenvalue weighted by atomic mass is 10.1. The number of hydrogen-bond donors (Lipinski definition) is 4. The van der Waals surface area contributed by atoms with Crippen molar-refractivity contribution in [3.05, 3.63) is 47.8 Å². The monoisotopic (exact) mass is 333 g/mol. The van der Waals surface area contributed by atoms with Gasteiger partial charge in [-0.1, -0.05) is 12.1 Å². The fourth-order valence-corrected chi connectivity index (χ4v) is 4.09. The van der Waals surface area contributed by atoms with Gasteiger partial charge >= 0.3 is 0 Å². The third-order valence-electron chi connectivity index (χ3n) is 5.15. The van der Waals surface area contributed by atoms with E-state index < -0.39 is 0 Å². The second-order valence-corrected chi connectivity index (χ2v) is 6.50. The second-order valence-electron chi connectivity index (χ2n) is 6.50. The van der Waals surface area contributed by atoms with Gasteiger partial charge < -0.3 is 24.7 Å². The highest BCUT2D eigenvalue weighted by atomic mass is 16.3. The van der Waals surface area contributed by atoms with E-state index in [0.29, 0.717) is 0 Å². The van der Waals surface area contributed by atoms with Gasteiger partial charge in [-0.05, 0) is 31.2 Å².